The first-order valence-electron chi connectivity index (χ1n) is 4.26. The van der Waals surface area contributed by atoms with E-state index < -0.39 is 0 Å². The van der Waals surface area contributed by atoms with Crippen LogP contribution in [-0.4, -0.2) is 11.8 Å². The van der Waals surface area contributed by atoms with Gasteiger partial charge in [0.25, 0.3) is 0 Å². The largest absolute Gasteiger partial charge is 0.327 e. The van der Waals surface area contributed by atoms with E-state index in [-0.39, 0.29) is 0 Å². The van der Waals surface area contributed by atoms with Crippen LogP contribution in [0, 0.1) is 0 Å². The molecule has 1 unspecified atom stereocenters. The molecular weight excluding hydrogens is 166 g/mol. The summed E-state index contributed by atoms with van der Waals surface area (Å²) in [5.74, 6) is 1.01. The van der Waals surface area contributed by atoms with Crippen molar-refractivity contribution in [3.63, 3.8) is 0 Å². The van der Waals surface area contributed by atoms with E-state index in [1.165, 1.54) is 4.90 Å². The summed E-state index contributed by atoms with van der Waals surface area (Å²) in [6.07, 6.45) is 1.06. The minimum atomic E-state index is 0.329. The molecule has 0 aromatic heterocycles. The van der Waals surface area contributed by atoms with E-state index in [0.29, 0.717) is 6.04 Å². The Balaban J connectivity index is 2.33. The average Bonchev–Trinajstić information content (AvgIpc) is 2.16. The Morgan fingerprint density at radius 2 is 2.00 bits per heavy atom. The molecule has 0 amide bonds. The standard InChI is InChI=1S/C10H15NS/c1-2-9(11)8-12-10-6-4-3-5-7-10/h3-7,9H,2,8,11H2,1H3. The predicted molar refractivity (Wildman–Crippen MR) is 55.4 cm³/mol. The van der Waals surface area contributed by atoms with Gasteiger partial charge < -0.3 is 5.73 Å². The van der Waals surface area contributed by atoms with Gasteiger partial charge in [0.1, 0.15) is 0 Å². The molecule has 0 aliphatic heterocycles. The normalized spacial score (nSPS) is 12.8. The molecule has 0 bridgehead atoms. The van der Waals surface area contributed by atoms with Gasteiger partial charge in [0.05, 0.1) is 0 Å². The Kier molecular flexibility index (Phi) is 4.19. The summed E-state index contributed by atoms with van der Waals surface area (Å²) in [7, 11) is 0. The zero-order valence-electron chi connectivity index (χ0n) is 7.36. The second-order valence-electron chi connectivity index (χ2n) is 2.79. The first-order chi connectivity index (χ1) is 5.83. The molecule has 0 aliphatic rings. The van der Waals surface area contributed by atoms with E-state index in [1.54, 1.807) is 0 Å². The van der Waals surface area contributed by atoms with Gasteiger partial charge in [0.2, 0.25) is 0 Å². The van der Waals surface area contributed by atoms with E-state index in [4.69, 9.17) is 5.73 Å². The fraction of sp³-hybridized carbons (Fsp3) is 0.400. The van der Waals surface area contributed by atoms with Crippen molar-refractivity contribution in [2.45, 2.75) is 24.3 Å². The third-order valence-corrected chi connectivity index (χ3v) is 2.93. The SMILES string of the molecule is CCC(N)CSc1ccccc1. The van der Waals surface area contributed by atoms with Gasteiger partial charge in [-0.1, -0.05) is 25.1 Å². The van der Waals surface area contributed by atoms with Crippen LogP contribution in [0.25, 0.3) is 0 Å². The van der Waals surface area contributed by atoms with Gasteiger partial charge in [-0.05, 0) is 18.6 Å². The molecule has 1 atom stereocenters. The van der Waals surface area contributed by atoms with Crippen molar-refractivity contribution in [2.75, 3.05) is 5.75 Å². The highest BCUT2D eigenvalue weighted by Crippen LogP contribution is 2.17. The minimum Gasteiger partial charge on any atom is -0.327 e. The molecule has 2 N–H and O–H groups in total. The lowest BCUT2D eigenvalue weighted by Crippen LogP contribution is -2.21. The van der Waals surface area contributed by atoms with E-state index in [0.717, 1.165) is 12.2 Å². The topological polar surface area (TPSA) is 26.0 Å². The lowest BCUT2D eigenvalue weighted by molar-refractivity contribution is 0.725. The van der Waals surface area contributed by atoms with Crippen LogP contribution in [0.4, 0.5) is 0 Å². The number of hydrogen-bond donors (Lipinski definition) is 1. The van der Waals surface area contributed by atoms with Gasteiger partial charge in [-0.3, -0.25) is 0 Å². The lowest BCUT2D eigenvalue weighted by atomic mass is 10.3. The molecule has 0 saturated carbocycles. The summed E-state index contributed by atoms with van der Waals surface area (Å²) in [4.78, 5) is 1.31. The van der Waals surface area contributed by atoms with Crippen molar-refractivity contribution in [1.82, 2.24) is 0 Å². The van der Waals surface area contributed by atoms with Crippen LogP contribution < -0.4 is 5.73 Å². The van der Waals surface area contributed by atoms with Gasteiger partial charge in [-0.2, -0.15) is 0 Å². The Morgan fingerprint density at radius 1 is 1.33 bits per heavy atom. The zero-order chi connectivity index (χ0) is 8.81. The first kappa shape index (κ1) is 9.62. The summed E-state index contributed by atoms with van der Waals surface area (Å²) in [5, 5.41) is 0. The van der Waals surface area contributed by atoms with Crippen LogP contribution >= 0.6 is 11.8 Å². The fourth-order valence-electron chi connectivity index (χ4n) is 0.838. The molecule has 0 fully saturated rings. The van der Waals surface area contributed by atoms with Crippen molar-refractivity contribution in [1.29, 1.82) is 0 Å². The van der Waals surface area contributed by atoms with Crippen LogP contribution in [0.3, 0.4) is 0 Å². The average molecular weight is 181 g/mol. The lowest BCUT2D eigenvalue weighted by Gasteiger charge is -2.07. The van der Waals surface area contributed by atoms with Crippen LogP contribution in [0.2, 0.25) is 0 Å². The quantitative estimate of drug-likeness (QED) is 0.722. The maximum Gasteiger partial charge on any atom is 0.0132 e. The van der Waals surface area contributed by atoms with Gasteiger partial charge in [0, 0.05) is 16.7 Å². The van der Waals surface area contributed by atoms with Crippen molar-refractivity contribution in [3.05, 3.63) is 30.3 Å². The fourth-order valence-corrected chi connectivity index (χ4v) is 1.83. The number of hydrogen-bond acceptors (Lipinski definition) is 2. The van der Waals surface area contributed by atoms with Gasteiger partial charge in [0.15, 0.2) is 0 Å². The number of rotatable bonds is 4. The molecule has 1 aromatic rings. The molecule has 66 valence electrons. The molecule has 1 rings (SSSR count). The summed E-state index contributed by atoms with van der Waals surface area (Å²) < 4.78 is 0. The smallest absolute Gasteiger partial charge is 0.0132 e. The molecule has 0 spiro atoms. The summed E-state index contributed by atoms with van der Waals surface area (Å²) in [6, 6.07) is 10.7. The summed E-state index contributed by atoms with van der Waals surface area (Å²) in [6.45, 7) is 2.12. The third kappa shape index (κ3) is 3.28. The Labute approximate surface area is 78.4 Å². The number of nitrogens with two attached hydrogens (primary N) is 1. The molecule has 0 heterocycles. The van der Waals surface area contributed by atoms with Crippen LogP contribution in [0.1, 0.15) is 13.3 Å². The van der Waals surface area contributed by atoms with E-state index >= 15 is 0 Å². The monoisotopic (exact) mass is 181 g/mol. The minimum absolute atomic E-state index is 0.329. The molecule has 0 aliphatic carbocycles. The predicted octanol–water partition coefficient (Wildman–Crippen LogP) is 2.52. The third-order valence-electron chi connectivity index (χ3n) is 1.73. The molecule has 1 nitrogen and oxygen atoms in total. The van der Waals surface area contributed by atoms with E-state index in [1.807, 2.05) is 17.8 Å². The van der Waals surface area contributed by atoms with Gasteiger partial charge >= 0.3 is 0 Å². The van der Waals surface area contributed by atoms with Gasteiger partial charge in [-0.25, -0.2) is 0 Å². The first-order valence-corrected chi connectivity index (χ1v) is 5.25. The Hall–Kier alpha value is -0.470. The maximum absolute atomic E-state index is 5.80. The zero-order valence-corrected chi connectivity index (χ0v) is 8.18. The maximum atomic E-state index is 5.80. The molecule has 0 saturated heterocycles. The van der Waals surface area contributed by atoms with E-state index in [2.05, 4.69) is 31.2 Å². The van der Waals surface area contributed by atoms with Crippen molar-refractivity contribution in [2.24, 2.45) is 5.73 Å². The summed E-state index contributed by atoms with van der Waals surface area (Å²) >= 11 is 1.83. The Morgan fingerprint density at radius 3 is 2.58 bits per heavy atom. The highest BCUT2D eigenvalue weighted by Gasteiger charge is 1.99. The van der Waals surface area contributed by atoms with Gasteiger partial charge in [-0.15, -0.1) is 11.8 Å². The summed E-state index contributed by atoms with van der Waals surface area (Å²) in [5.41, 5.74) is 5.80. The number of thioether (sulfide) groups is 1. The Bertz CT molecular complexity index is 210. The van der Waals surface area contributed by atoms with Crippen molar-refractivity contribution < 1.29 is 0 Å². The molecular formula is C10H15NS. The second-order valence-corrected chi connectivity index (χ2v) is 3.89. The molecule has 2 heteroatoms. The van der Waals surface area contributed by atoms with Crippen molar-refractivity contribution in [3.8, 4) is 0 Å². The number of benzene rings is 1. The molecule has 1 aromatic carbocycles. The molecule has 0 radical (unpaired) electrons. The van der Waals surface area contributed by atoms with Crippen LogP contribution in [0.15, 0.2) is 35.2 Å². The van der Waals surface area contributed by atoms with Crippen LogP contribution in [0.5, 0.6) is 0 Å². The second kappa shape index (κ2) is 5.22. The van der Waals surface area contributed by atoms with Crippen LogP contribution in [-0.2, 0) is 0 Å². The molecule has 12 heavy (non-hydrogen) atoms. The van der Waals surface area contributed by atoms with E-state index in [9.17, 15) is 0 Å². The van der Waals surface area contributed by atoms with Crippen molar-refractivity contribution >= 4 is 11.8 Å². The highest BCUT2D eigenvalue weighted by atomic mass is 32.2. The highest BCUT2D eigenvalue weighted by molar-refractivity contribution is 7.99.